The first kappa shape index (κ1) is 13.4. The number of aliphatic hydroxyl groups excluding tert-OH is 2. The number of ether oxygens (including phenoxy) is 1. The molecular weight excluding hydrogens is 252 g/mol. The molecule has 1 fully saturated rings. The van der Waals surface area contributed by atoms with Gasteiger partial charge in [0.15, 0.2) is 18.0 Å². The molecule has 1 unspecified atom stereocenters. The molecule has 6 nitrogen and oxygen atoms in total. The summed E-state index contributed by atoms with van der Waals surface area (Å²) >= 11 is 0. The van der Waals surface area contributed by atoms with Crippen LogP contribution in [0.5, 0.6) is 0 Å². The molecule has 1 aliphatic heterocycles. The molecule has 1 aliphatic rings. The number of cyclic esters (lactones) is 1. The molecule has 6 heteroatoms. The van der Waals surface area contributed by atoms with E-state index in [0.29, 0.717) is 5.56 Å². The van der Waals surface area contributed by atoms with Crippen molar-refractivity contribution in [1.82, 2.24) is 0 Å². The summed E-state index contributed by atoms with van der Waals surface area (Å²) in [5, 5.41) is 18.8. The molecule has 0 aliphatic carbocycles. The van der Waals surface area contributed by atoms with E-state index in [0.717, 1.165) is 0 Å². The molecule has 1 aromatic carbocycles. The maximum absolute atomic E-state index is 11.8. The zero-order chi connectivity index (χ0) is 14.0. The van der Waals surface area contributed by atoms with E-state index in [1.807, 2.05) is 0 Å². The fourth-order valence-corrected chi connectivity index (χ4v) is 1.81. The lowest BCUT2D eigenvalue weighted by Gasteiger charge is -2.14. The minimum Gasteiger partial charge on any atom is -0.449 e. The molecule has 2 N–H and O–H groups in total. The average Bonchev–Trinajstić information content (AvgIpc) is 2.67. The number of hydrogen-bond acceptors (Lipinski definition) is 6. The molecule has 0 bridgehead atoms. The highest BCUT2D eigenvalue weighted by molar-refractivity contribution is 6.11. The summed E-state index contributed by atoms with van der Waals surface area (Å²) < 4.78 is 4.50. The Kier molecular flexibility index (Phi) is 3.73. The van der Waals surface area contributed by atoms with Crippen LogP contribution in [0.2, 0.25) is 0 Å². The van der Waals surface area contributed by atoms with E-state index in [1.54, 1.807) is 30.3 Å². The van der Waals surface area contributed by atoms with Gasteiger partial charge in [-0.15, -0.1) is 0 Å². The van der Waals surface area contributed by atoms with Crippen LogP contribution < -0.4 is 0 Å². The van der Waals surface area contributed by atoms with Crippen LogP contribution in [-0.4, -0.2) is 46.1 Å². The van der Waals surface area contributed by atoms with Crippen molar-refractivity contribution in [3.05, 3.63) is 35.9 Å². The number of esters is 1. The van der Waals surface area contributed by atoms with E-state index in [1.165, 1.54) is 0 Å². The van der Waals surface area contributed by atoms with Gasteiger partial charge in [-0.05, 0) is 5.56 Å². The van der Waals surface area contributed by atoms with Gasteiger partial charge < -0.3 is 14.9 Å². The fraction of sp³-hybridized carbons (Fsp3) is 0.308. The van der Waals surface area contributed by atoms with Gasteiger partial charge in [0.05, 0.1) is 0 Å². The maximum Gasteiger partial charge on any atom is 0.343 e. The Morgan fingerprint density at radius 3 is 2.42 bits per heavy atom. The smallest absolute Gasteiger partial charge is 0.343 e. The second-order valence-electron chi connectivity index (χ2n) is 4.24. The van der Waals surface area contributed by atoms with Crippen molar-refractivity contribution >= 4 is 17.5 Å². The van der Waals surface area contributed by atoms with Crippen LogP contribution >= 0.6 is 0 Å². The monoisotopic (exact) mass is 264 g/mol. The van der Waals surface area contributed by atoms with Crippen molar-refractivity contribution < 1.29 is 29.3 Å². The summed E-state index contributed by atoms with van der Waals surface area (Å²) in [6, 6.07) is 8.64. The minimum absolute atomic E-state index is 0.0839. The number of hydrogen-bond donors (Lipinski definition) is 2. The van der Waals surface area contributed by atoms with Gasteiger partial charge in [0, 0.05) is 6.42 Å². The van der Waals surface area contributed by atoms with Crippen molar-refractivity contribution in [1.29, 1.82) is 0 Å². The number of benzene rings is 1. The molecule has 0 aromatic heterocycles. The average molecular weight is 264 g/mol. The lowest BCUT2D eigenvalue weighted by atomic mass is 9.99. The highest BCUT2D eigenvalue weighted by Crippen LogP contribution is 2.16. The van der Waals surface area contributed by atoms with Crippen LogP contribution in [0.25, 0.3) is 0 Å². The van der Waals surface area contributed by atoms with Gasteiger partial charge in [0.25, 0.3) is 0 Å². The third-order valence-electron chi connectivity index (χ3n) is 2.85. The third-order valence-corrected chi connectivity index (χ3v) is 2.85. The quantitative estimate of drug-likeness (QED) is 0.535. The Morgan fingerprint density at radius 1 is 1.26 bits per heavy atom. The zero-order valence-corrected chi connectivity index (χ0v) is 9.85. The van der Waals surface area contributed by atoms with Gasteiger partial charge in [-0.2, -0.15) is 0 Å². The number of carbonyl (C=O) groups excluding carboxylic acids is 3. The van der Waals surface area contributed by atoms with E-state index in [2.05, 4.69) is 4.74 Å². The van der Waals surface area contributed by atoms with Crippen LogP contribution in [0.4, 0.5) is 0 Å². The molecule has 0 radical (unpaired) electrons. The van der Waals surface area contributed by atoms with Crippen LogP contribution in [0.3, 0.4) is 0 Å². The van der Waals surface area contributed by atoms with Gasteiger partial charge >= 0.3 is 5.97 Å². The van der Waals surface area contributed by atoms with Gasteiger partial charge in [-0.3, -0.25) is 9.59 Å². The Morgan fingerprint density at radius 2 is 1.89 bits per heavy atom. The standard InChI is InChI=1S/C13H12O6/c14-8(6-7-4-2-1-3-5-7)9(15)12-10(16)11(17)13(18)19-12/h1-5,9,11-12,15,17H,6H2/t9-,11?,12+/m0/s1. The normalized spacial score (nSPS) is 24.1. The first-order valence-corrected chi connectivity index (χ1v) is 5.67. The number of rotatable bonds is 4. The molecule has 0 saturated carbocycles. The highest BCUT2D eigenvalue weighted by Gasteiger charge is 2.47. The van der Waals surface area contributed by atoms with Gasteiger partial charge in [-0.1, -0.05) is 30.3 Å². The Hall–Kier alpha value is -2.05. The minimum atomic E-state index is -1.91. The van der Waals surface area contributed by atoms with Gasteiger partial charge in [0.1, 0.15) is 0 Å². The summed E-state index contributed by atoms with van der Waals surface area (Å²) in [6.07, 6.45) is -5.36. The van der Waals surface area contributed by atoms with Crippen molar-refractivity contribution in [2.75, 3.05) is 0 Å². The van der Waals surface area contributed by atoms with Crippen LogP contribution in [0, 0.1) is 0 Å². The van der Waals surface area contributed by atoms with Crippen LogP contribution in [0.15, 0.2) is 30.3 Å². The fourth-order valence-electron chi connectivity index (χ4n) is 1.81. The molecule has 100 valence electrons. The molecule has 2 rings (SSSR count). The molecule has 0 spiro atoms. The van der Waals surface area contributed by atoms with Crippen LogP contribution in [0.1, 0.15) is 5.56 Å². The zero-order valence-electron chi connectivity index (χ0n) is 9.85. The van der Waals surface area contributed by atoms with E-state index in [9.17, 15) is 19.5 Å². The Labute approximate surface area is 108 Å². The Balaban J connectivity index is 2.04. The SMILES string of the molecule is O=C1O[C@H]([C@@H](O)C(=O)Cc2ccccc2)C(=O)C1O. The highest BCUT2D eigenvalue weighted by atomic mass is 16.6. The summed E-state index contributed by atoms with van der Waals surface area (Å²) in [4.78, 5) is 34.2. The van der Waals surface area contributed by atoms with Crippen LogP contribution in [-0.2, 0) is 25.5 Å². The first-order chi connectivity index (χ1) is 9.00. The lowest BCUT2D eigenvalue weighted by molar-refractivity contribution is -0.153. The number of ketones is 2. The lowest BCUT2D eigenvalue weighted by Crippen LogP contribution is -2.40. The summed E-state index contributed by atoms with van der Waals surface area (Å²) in [5.41, 5.74) is 0.670. The summed E-state index contributed by atoms with van der Waals surface area (Å²) in [5.74, 6) is -2.77. The van der Waals surface area contributed by atoms with Crippen molar-refractivity contribution in [2.45, 2.75) is 24.7 Å². The molecule has 19 heavy (non-hydrogen) atoms. The summed E-state index contributed by atoms with van der Waals surface area (Å²) in [6.45, 7) is 0. The molecule has 1 heterocycles. The van der Waals surface area contributed by atoms with Crippen molar-refractivity contribution in [2.24, 2.45) is 0 Å². The third kappa shape index (κ3) is 2.69. The number of carbonyl (C=O) groups is 3. The molecule has 1 aromatic rings. The number of Topliss-reactive ketones (excluding diaryl/α,β-unsaturated/α-hetero) is 2. The second kappa shape index (κ2) is 5.29. The van der Waals surface area contributed by atoms with Gasteiger partial charge in [-0.25, -0.2) is 4.79 Å². The first-order valence-electron chi connectivity index (χ1n) is 5.67. The number of aliphatic hydroxyl groups is 2. The van der Waals surface area contributed by atoms with Crippen molar-refractivity contribution in [3.8, 4) is 0 Å². The molecule has 3 atom stereocenters. The van der Waals surface area contributed by atoms with E-state index >= 15 is 0 Å². The predicted octanol–water partition coefficient (Wildman–Crippen LogP) is -0.986. The van der Waals surface area contributed by atoms with E-state index < -0.39 is 35.8 Å². The van der Waals surface area contributed by atoms with E-state index in [-0.39, 0.29) is 6.42 Å². The second-order valence-corrected chi connectivity index (χ2v) is 4.24. The largest absolute Gasteiger partial charge is 0.449 e. The summed E-state index contributed by atoms with van der Waals surface area (Å²) in [7, 11) is 0. The Bertz CT molecular complexity index is 509. The van der Waals surface area contributed by atoms with Gasteiger partial charge in [0.2, 0.25) is 11.9 Å². The predicted molar refractivity (Wildman–Crippen MR) is 62.1 cm³/mol. The topological polar surface area (TPSA) is 101 Å². The molecule has 0 amide bonds. The molecular formula is C13H12O6. The van der Waals surface area contributed by atoms with E-state index in [4.69, 9.17) is 5.11 Å². The maximum atomic E-state index is 11.8. The van der Waals surface area contributed by atoms with Crippen molar-refractivity contribution in [3.63, 3.8) is 0 Å². The molecule has 1 saturated heterocycles.